The molecule has 7 nitrogen and oxygen atoms in total. The first kappa shape index (κ1) is 22.2. The van der Waals surface area contributed by atoms with Gasteiger partial charge in [-0.15, -0.1) is 0 Å². The third-order valence-corrected chi connectivity index (χ3v) is 3.97. The molecule has 0 aliphatic heterocycles. The van der Waals surface area contributed by atoms with Crippen LogP contribution in [0.25, 0.3) is 0 Å². The predicted octanol–water partition coefficient (Wildman–Crippen LogP) is 4.85. The molecule has 0 aliphatic carbocycles. The Morgan fingerprint density at radius 2 is 1.93 bits per heavy atom. The first-order valence-electron chi connectivity index (χ1n) is 7.89. The number of nitro benzene ring substituents is 1. The summed E-state index contributed by atoms with van der Waals surface area (Å²) in [7, 11) is 0. The van der Waals surface area contributed by atoms with E-state index in [9.17, 15) is 33.2 Å². The summed E-state index contributed by atoms with van der Waals surface area (Å²) in [6, 6.07) is 4.40. The van der Waals surface area contributed by atoms with Crippen LogP contribution in [0.2, 0.25) is 5.02 Å². The first-order chi connectivity index (χ1) is 13.5. The number of nitrogens with zero attached hydrogens (tertiary/aromatic N) is 1. The third-order valence-electron chi connectivity index (χ3n) is 3.67. The minimum Gasteiger partial charge on any atom is -0.477 e. The molecule has 0 saturated heterocycles. The van der Waals surface area contributed by atoms with E-state index in [2.05, 4.69) is 0 Å². The van der Waals surface area contributed by atoms with Crippen LogP contribution < -0.4 is 4.74 Å². The lowest BCUT2D eigenvalue weighted by atomic mass is 10.0. The van der Waals surface area contributed by atoms with Crippen LogP contribution in [0.5, 0.6) is 11.5 Å². The van der Waals surface area contributed by atoms with Gasteiger partial charge in [0.1, 0.15) is 17.1 Å². The van der Waals surface area contributed by atoms with E-state index in [0.29, 0.717) is 6.07 Å². The van der Waals surface area contributed by atoms with Gasteiger partial charge in [0, 0.05) is 11.6 Å². The van der Waals surface area contributed by atoms with Crippen molar-refractivity contribution in [1.82, 2.24) is 0 Å². The Labute approximate surface area is 166 Å². The molecular weight excluding hydrogens is 419 g/mol. The molecule has 0 unspecified atom stereocenters. The van der Waals surface area contributed by atoms with Gasteiger partial charge in [-0.2, -0.15) is 13.2 Å². The number of halogens is 4. The summed E-state index contributed by atoms with van der Waals surface area (Å²) in [5.74, 6) is -1.95. The van der Waals surface area contributed by atoms with Crippen LogP contribution in [0.3, 0.4) is 0 Å². The van der Waals surface area contributed by atoms with E-state index in [4.69, 9.17) is 21.4 Å². The highest BCUT2D eigenvalue weighted by Crippen LogP contribution is 2.38. The molecule has 0 heterocycles. The van der Waals surface area contributed by atoms with Crippen LogP contribution in [0, 0.1) is 10.1 Å². The fourth-order valence-electron chi connectivity index (χ4n) is 2.43. The Bertz CT molecular complexity index is 975. The van der Waals surface area contributed by atoms with Gasteiger partial charge in [-0.1, -0.05) is 23.8 Å². The van der Waals surface area contributed by atoms with Crippen molar-refractivity contribution in [2.24, 2.45) is 0 Å². The molecular formula is C18H13ClF3NO6. The summed E-state index contributed by atoms with van der Waals surface area (Å²) in [5.41, 5.74) is -2.36. The highest BCUT2D eigenvalue weighted by molar-refractivity contribution is 6.32. The van der Waals surface area contributed by atoms with Gasteiger partial charge in [0.05, 0.1) is 22.1 Å². The fourth-order valence-corrected chi connectivity index (χ4v) is 2.65. The van der Waals surface area contributed by atoms with Crippen molar-refractivity contribution < 1.29 is 37.8 Å². The summed E-state index contributed by atoms with van der Waals surface area (Å²) < 4.78 is 43.6. The standard InChI is InChI=1S/C18H13ClF3NO6/c19-14-8-11(18(20,21)22)4-5-15(14)29-12-7-10(3-1-2-6-24)16(23(27)28)13(9-12)17(25)26/h1-2,4-5,7-9,24H,3,6H2,(H,25,26). The number of hydrogen-bond acceptors (Lipinski definition) is 5. The van der Waals surface area contributed by atoms with E-state index >= 15 is 0 Å². The maximum atomic E-state index is 12.7. The Morgan fingerprint density at radius 1 is 1.24 bits per heavy atom. The number of rotatable bonds is 7. The number of aliphatic hydroxyl groups excluding tert-OH is 1. The number of carboxylic acids is 1. The zero-order valence-corrected chi connectivity index (χ0v) is 15.2. The van der Waals surface area contributed by atoms with Crippen LogP contribution in [-0.2, 0) is 12.6 Å². The number of nitro groups is 1. The summed E-state index contributed by atoms with van der Waals surface area (Å²) in [5, 5.41) is 29.1. The Kier molecular flexibility index (Phi) is 6.83. The molecule has 0 saturated carbocycles. The lowest BCUT2D eigenvalue weighted by Gasteiger charge is -2.13. The van der Waals surface area contributed by atoms with Crippen molar-refractivity contribution in [3.8, 4) is 11.5 Å². The molecule has 2 N–H and O–H groups in total. The Morgan fingerprint density at radius 3 is 2.45 bits per heavy atom. The molecule has 0 atom stereocenters. The highest BCUT2D eigenvalue weighted by atomic mass is 35.5. The average Bonchev–Trinajstić information content (AvgIpc) is 2.62. The van der Waals surface area contributed by atoms with Gasteiger partial charge in [0.25, 0.3) is 5.69 Å². The number of carbonyl (C=O) groups is 1. The molecule has 0 aliphatic rings. The van der Waals surface area contributed by atoms with Crippen molar-refractivity contribution in [3.05, 3.63) is 74.3 Å². The highest BCUT2D eigenvalue weighted by Gasteiger charge is 2.31. The maximum Gasteiger partial charge on any atom is 0.416 e. The Balaban J connectivity index is 2.51. The van der Waals surface area contributed by atoms with E-state index in [-0.39, 0.29) is 35.1 Å². The quantitative estimate of drug-likeness (QED) is 0.368. The lowest BCUT2D eigenvalue weighted by Crippen LogP contribution is -2.07. The van der Waals surface area contributed by atoms with Gasteiger partial charge >= 0.3 is 12.1 Å². The number of carboxylic acid groups (broad SMARTS) is 1. The molecule has 29 heavy (non-hydrogen) atoms. The molecule has 11 heteroatoms. The SMILES string of the molecule is O=C(O)c1cc(Oc2ccc(C(F)(F)F)cc2Cl)cc(CC=CCO)c1[N+](=O)[O-]. The molecule has 0 amide bonds. The van der Waals surface area contributed by atoms with Crippen molar-refractivity contribution >= 4 is 23.3 Å². The first-order valence-corrected chi connectivity index (χ1v) is 8.27. The predicted molar refractivity (Wildman–Crippen MR) is 96.5 cm³/mol. The van der Waals surface area contributed by atoms with Gasteiger partial charge in [-0.05, 0) is 30.7 Å². The van der Waals surface area contributed by atoms with Crippen LogP contribution >= 0.6 is 11.6 Å². The molecule has 0 fully saturated rings. The maximum absolute atomic E-state index is 12.7. The number of aliphatic hydroxyl groups is 1. The van der Waals surface area contributed by atoms with Gasteiger partial charge in [0.15, 0.2) is 0 Å². The summed E-state index contributed by atoms with van der Waals surface area (Å²) in [6.07, 6.45) is -2.00. The van der Waals surface area contributed by atoms with Gasteiger partial charge in [-0.25, -0.2) is 4.79 Å². The van der Waals surface area contributed by atoms with E-state index in [1.54, 1.807) is 0 Å². The number of aromatic carboxylic acids is 1. The summed E-state index contributed by atoms with van der Waals surface area (Å²) >= 11 is 5.82. The zero-order chi connectivity index (χ0) is 21.8. The van der Waals surface area contributed by atoms with Crippen LogP contribution in [0.4, 0.5) is 18.9 Å². The van der Waals surface area contributed by atoms with E-state index in [1.807, 2.05) is 0 Å². The third kappa shape index (κ3) is 5.46. The van der Waals surface area contributed by atoms with E-state index in [0.717, 1.165) is 18.2 Å². The molecule has 2 rings (SSSR count). The summed E-state index contributed by atoms with van der Waals surface area (Å²) in [4.78, 5) is 21.9. The monoisotopic (exact) mass is 431 g/mol. The number of hydrogen-bond donors (Lipinski definition) is 2. The normalized spacial score (nSPS) is 11.6. The van der Waals surface area contributed by atoms with Crippen molar-refractivity contribution in [2.75, 3.05) is 6.61 Å². The van der Waals surface area contributed by atoms with Crippen LogP contribution in [0.15, 0.2) is 42.5 Å². The zero-order valence-electron chi connectivity index (χ0n) is 14.4. The van der Waals surface area contributed by atoms with Gasteiger partial charge in [-0.3, -0.25) is 10.1 Å². The molecule has 0 bridgehead atoms. The molecule has 0 aromatic heterocycles. The van der Waals surface area contributed by atoms with Gasteiger partial charge < -0.3 is 14.9 Å². The molecule has 0 spiro atoms. The van der Waals surface area contributed by atoms with E-state index < -0.39 is 33.9 Å². The number of allylic oxidation sites excluding steroid dienone is 1. The average molecular weight is 432 g/mol. The minimum atomic E-state index is -4.61. The smallest absolute Gasteiger partial charge is 0.416 e. The van der Waals surface area contributed by atoms with Crippen molar-refractivity contribution in [3.63, 3.8) is 0 Å². The molecule has 2 aromatic carbocycles. The summed E-state index contributed by atoms with van der Waals surface area (Å²) in [6.45, 7) is -0.322. The van der Waals surface area contributed by atoms with Crippen LogP contribution in [-0.4, -0.2) is 27.7 Å². The molecule has 0 radical (unpaired) electrons. The van der Waals surface area contributed by atoms with Crippen molar-refractivity contribution in [1.29, 1.82) is 0 Å². The second kappa shape index (κ2) is 8.93. The number of ether oxygens (including phenoxy) is 1. The van der Waals surface area contributed by atoms with Gasteiger partial charge in [0.2, 0.25) is 0 Å². The molecule has 154 valence electrons. The lowest BCUT2D eigenvalue weighted by molar-refractivity contribution is -0.385. The Hall–Kier alpha value is -3.11. The minimum absolute atomic E-state index is 0.0300. The second-order valence-electron chi connectivity index (χ2n) is 5.64. The number of alkyl halides is 3. The largest absolute Gasteiger partial charge is 0.477 e. The second-order valence-corrected chi connectivity index (χ2v) is 6.05. The van der Waals surface area contributed by atoms with E-state index in [1.165, 1.54) is 18.2 Å². The van der Waals surface area contributed by atoms with Crippen LogP contribution in [0.1, 0.15) is 21.5 Å². The fraction of sp³-hybridized carbons (Fsp3) is 0.167. The number of benzene rings is 2. The van der Waals surface area contributed by atoms with Crippen molar-refractivity contribution in [2.45, 2.75) is 12.6 Å². The topological polar surface area (TPSA) is 110 Å². The molecule has 2 aromatic rings.